The van der Waals surface area contributed by atoms with E-state index in [2.05, 4.69) is 58.6 Å². The average Bonchev–Trinajstić information content (AvgIpc) is 3.39. The van der Waals surface area contributed by atoms with Gasteiger partial charge in [-0.15, -0.1) is 0 Å². The van der Waals surface area contributed by atoms with Crippen LogP contribution in [0.3, 0.4) is 0 Å². The Labute approximate surface area is 199 Å². The van der Waals surface area contributed by atoms with Crippen molar-refractivity contribution in [2.45, 2.75) is 125 Å². The zero-order valence-corrected chi connectivity index (χ0v) is 22.2. The molecule has 2 nitrogen and oxygen atoms in total. The Morgan fingerprint density at radius 3 is 2.50 bits per heavy atom. The number of hydrogen-bond donors (Lipinski definition) is 0. The van der Waals surface area contributed by atoms with Gasteiger partial charge in [0.2, 0.25) is 0 Å². The summed E-state index contributed by atoms with van der Waals surface area (Å²) >= 11 is 0. The van der Waals surface area contributed by atoms with Gasteiger partial charge in [0.05, 0.1) is 6.20 Å². The highest BCUT2D eigenvalue weighted by Gasteiger charge is 2.57. The quantitative estimate of drug-likeness (QED) is 0.375. The van der Waals surface area contributed by atoms with Crippen LogP contribution in [0.2, 0.25) is 0 Å². The lowest BCUT2D eigenvalue weighted by Crippen LogP contribution is -2.48. The first-order chi connectivity index (χ1) is 15.4. The number of rotatable bonds is 9. The molecule has 3 aliphatic rings. The summed E-state index contributed by atoms with van der Waals surface area (Å²) in [4.78, 5) is 0. The summed E-state index contributed by atoms with van der Waals surface area (Å²) in [5.74, 6) is 7.35. The highest BCUT2D eigenvalue weighted by Crippen LogP contribution is 2.65. The minimum atomic E-state index is 0.571. The molecule has 0 aliphatic heterocycles. The Hall–Kier alpha value is -0.790. The largest absolute Gasteiger partial charge is 0.272 e. The summed E-state index contributed by atoms with van der Waals surface area (Å²) < 4.78 is 2.27. The second-order valence-electron chi connectivity index (χ2n) is 12.5. The minimum absolute atomic E-state index is 0.571. The molecule has 0 N–H and O–H groups in total. The molecule has 9 unspecified atom stereocenters. The Balaban J connectivity index is 1.45. The van der Waals surface area contributed by atoms with Crippen LogP contribution in [0.4, 0.5) is 0 Å². The molecular weight excluding hydrogens is 388 g/mol. The van der Waals surface area contributed by atoms with E-state index in [0.717, 1.165) is 48.0 Å². The van der Waals surface area contributed by atoms with Gasteiger partial charge in [0, 0.05) is 12.7 Å². The fraction of sp³-hybridized carbons (Fsp3) is 0.900. The van der Waals surface area contributed by atoms with Crippen molar-refractivity contribution < 1.29 is 0 Å². The van der Waals surface area contributed by atoms with E-state index in [0.29, 0.717) is 11.3 Å². The zero-order chi connectivity index (χ0) is 22.9. The first-order valence-corrected chi connectivity index (χ1v) is 14.4. The third kappa shape index (κ3) is 4.46. The fourth-order valence-corrected chi connectivity index (χ4v) is 9.11. The topological polar surface area (TPSA) is 17.8 Å². The standard InChI is InChI=1S/C30H52N2/c1-7-10-23-12-13-27-26(25(23)11-8-2)16-17-30(6)28(14-15-29(27)30)22(5)19-32-20-24(18-31-32)21(4)9-3/h18,20-23,25-29H,7-17,19H2,1-6H3. The molecule has 0 bridgehead atoms. The van der Waals surface area contributed by atoms with E-state index in [9.17, 15) is 0 Å². The highest BCUT2D eigenvalue weighted by atomic mass is 15.3. The molecule has 0 spiro atoms. The third-order valence-electron chi connectivity index (χ3n) is 10.9. The third-order valence-corrected chi connectivity index (χ3v) is 10.9. The molecule has 9 atom stereocenters. The minimum Gasteiger partial charge on any atom is -0.272 e. The number of fused-ring (bicyclic) bond motifs is 3. The van der Waals surface area contributed by atoms with Gasteiger partial charge >= 0.3 is 0 Å². The SMILES string of the molecule is CCCC1CCC2C(CCC3(C)C(C(C)Cn4cc(C(C)CC)cn4)CCC23)C1CCC. The number of hydrogen-bond acceptors (Lipinski definition) is 1. The second-order valence-corrected chi connectivity index (χ2v) is 12.5. The van der Waals surface area contributed by atoms with Crippen molar-refractivity contribution in [2.24, 2.45) is 46.8 Å². The fourth-order valence-electron chi connectivity index (χ4n) is 9.11. The van der Waals surface area contributed by atoms with E-state index in [4.69, 9.17) is 5.10 Å². The summed E-state index contributed by atoms with van der Waals surface area (Å²) in [6.07, 6.45) is 20.4. The van der Waals surface area contributed by atoms with Gasteiger partial charge in [0.1, 0.15) is 0 Å². The predicted molar refractivity (Wildman–Crippen MR) is 137 cm³/mol. The van der Waals surface area contributed by atoms with Gasteiger partial charge in [0.15, 0.2) is 0 Å². The van der Waals surface area contributed by atoms with Gasteiger partial charge in [-0.1, -0.05) is 67.2 Å². The van der Waals surface area contributed by atoms with Crippen LogP contribution < -0.4 is 0 Å². The molecule has 182 valence electrons. The van der Waals surface area contributed by atoms with Crippen LogP contribution in [-0.4, -0.2) is 9.78 Å². The first-order valence-electron chi connectivity index (χ1n) is 14.4. The van der Waals surface area contributed by atoms with Crippen LogP contribution in [0.15, 0.2) is 12.4 Å². The van der Waals surface area contributed by atoms with Gasteiger partial charge < -0.3 is 0 Å². The smallest absolute Gasteiger partial charge is 0.0524 e. The molecule has 4 rings (SSSR count). The molecule has 3 aliphatic carbocycles. The first kappa shape index (κ1) is 24.3. The van der Waals surface area contributed by atoms with Crippen LogP contribution in [-0.2, 0) is 6.54 Å². The lowest BCUT2D eigenvalue weighted by Gasteiger charge is -2.55. The lowest BCUT2D eigenvalue weighted by atomic mass is 9.50. The lowest BCUT2D eigenvalue weighted by molar-refractivity contribution is -0.0634. The maximum absolute atomic E-state index is 4.76. The number of nitrogens with zero attached hydrogens (tertiary/aromatic N) is 2. The number of aromatic nitrogens is 2. The normalized spacial score (nSPS) is 38.8. The predicted octanol–water partition coefficient (Wildman–Crippen LogP) is 8.72. The molecule has 0 radical (unpaired) electrons. The molecule has 0 amide bonds. The van der Waals surface area contributed by atoms with Gasteiger partial charge in [-0.2, -0.15) is 5.10 Å². The summed E-state index contributed by atoms with van der Waals surface area (Å²) in [6, 6.07) is 0. The molecule has 0 aromatic carbocycles. The van der Waals surface area contributed by atoms with Crippen molar-refractivity contribution in [1.82, 2.24) is 9.78 Å². The van der Waals surface area contributed by atoms with E-state index in [-0.39, 0.29) is 0 Å². The summed E-state index contributed by atoms with van der Waals surface area (Å²) in [6.45, 7) is 15.8. The van der Waals surface area contributed by atoms with Crippen molar-refractivity contribution in [3.05, 3.63) is 18.0 Å². The van der Waals surface area contributed by atoms with E-state index in [1.165, 1.54) is 76.2 Å². The molecule has 3 fully saturated rings. The molecule has 32 heavy (non-hydrogen) atoms. The Bertz CT molecular complexity index is 722. The zero-order valence-electron chi connectivity index (χ0n) is 22.2. The van der Waals surface area contributed by atoms with Crippen LogP contribution in [0.5, 0.6) is 0 Å². The van der Waals surface area contributed by atoms with E-state index >= 15 is 0 Å². The molecule has 2 heteroatoms. The maximum atomic E-state index is 4.76. The van der Waals surface area contributed by atoms with Crippen LogP contribution in [0.1, 0.15) is 124 Å². The second kappa shape index (κ2) is 10.2. The van der Waals surface area contributed by atoms with Crippen molar-refractivity contribution >= 4 is 0 Å². The van der Waals surface area contributed by atoms with E-state index < -0.39 is 0 Å². The summed E-state index contributed by atoms with van der Waals surface area (Å²) in [5.41, 5.74) is 1.99. The molecule has 1 aromatic rings. The van der Waals surface area contributed by atoms with Gasteiger partial charge in [-0.25, -0.2) is 0 Å². The average molecular weight is 441 g/mol. The summed E-state index contributed by atoms with van der Waals surface area (Å²) in [5, 5.41) is 4.76. The van der Waals surface area contributed by atoms with Crippen molar-refractivity contribution in [1.29, 1.82) is 0 Å². The van der Waals surface area contributed by atoms with Gasteiger partial charge in [-0.05, 0) is 103 Å². The van der Waals surface area contributed by atoms with E-state index in [1.807, 2.05) is 0 Å². The molecular formula is C30H52N2. The van der Waals surface area contributed by atoms with Gasteiger partial charge in [0.25, 0.3) is 0 Å². The highest BCUT2D eigenvalue weighted by molar-refractivity contribution is 5.10. The Morgan fingerprint density at radius 2 is 1.78 bits per heavy atom. The van der Waals surface area contributed by atoms with Crippen molar-refractivity contribution in [2.75, 3.05) is 0 Å². The van der Waals surface area contributed by atoms with Crippen LogP contribution >= 0.6 is 0 Å². The molecule has 1 heterocycles. The molecule has 0 saturated heterocycles. The molecule has 3 saturated carbocycles. The Morgan fingerprint density at radius 1 is 1.00 bits per heavy atom. The van der Waals surface area contributed by atoms with Crippen LogP contribution in [0, 0.1) is 46.8 Å². The van der Waals surface area contributed by atoms with Crippen molar-refractivity contribution in [3.8, 4) is 0 Å². The van der Waals surface area contributed by atoms with Gasteiger partial charge in [-0.3, -0.25) is 4.68 Å². The van der Waals surface area contributed by atoms with E-state index in [1.54, 1.807) is 0 Å². The maximum Gasteiger partial charge on any atom is 0.0524 e. The Kier molecular flexibility index (Phi) is 7.78. The molecule has 1 aromatic heterocycles. The monoisotopic (exact) mass is 440 g/mol. The van der Waals surface area contributed by atoms with Crippen molar-refractivity contribution in [3.63, 3.8) is 0 Å². The van der Waals surface area contributed by atoms with Crippen LogP contribution in [0.25, 0.3) is 0 Å². The summed E-state index contributed by atoms with van der Waals surface area (Å²) in [7, 11) is 0.